The van der Waals surface area contributed by atoms with Gasteiger partial charge in [-0.2, -0.15) is 0 Å². The van der Waals surface area contributed by atoms with Crippen molar-refractivity contribution in [2.45, 2.75) is 113 Å². The minimum atomic E-state index is -0.519. The summed E-state index contributed by atoms with van der Waals surface area (Å²) in [5.74, 6) is 1.71. The van der Waals surface area contributed by atoms with Crippen molar-refractivity contribution >= 4 is 11.6 Å². The monoisotopic (exact) mass is 438 g/mol. The van der Waals surface area contributed by atoms with Gasteiger partial charge in [0, 0.05) is 24.2 Å². The highest BCUT2D eigenvalue weighted by Crippen LogP contribution is 2.74. The molecule has 0 N–H and O–H groups in total. The van der Waals surface area contributed by atoms with Crippen molar-refractivity contribution in [1.29, 1.82) is 0 Å². The zero-order chi connectivity index (χ0) is 23.5. The van der Waals surface area contributed by atoms with Gasteiger partial charge in [-0.1, -0.05) is 67.0 Å². The molecule has 0 spiro atoms. The molecule has 32 heavy (non-hydrogen) atoms. The third kappa shape index (κ3) is 2.65. The molecule has 0 bridgehead atoms. The maximum absolute atomic E-state index is 13.9. The molecule has 0 aromatic rings. The lowest BCUT2D eigenvalue weighted by atomic mass is 9.33. The third-order valence-corrected chi connectivity index (χ3v) is 12.4. The number of carbonyl (C=O) groups is 2. The Labute approximate surface area is 196 Å². The van der Waals surface area contributed by atoms with Gasteiger partial charge in [0.05, 0.1) is 0 Å². The van der Waals surface area contributed by atoms with Crippen LogP contribution in [0.5, 0.6) is 0 Å². The van der Waals surface area contributed by atoms with Crippen LogP contribution in [0.25, 0.3) is 0 Å². The van der Waals surface area contributed by atoms with E-state index in [0.29, 0.717) is 47.1 Å². The van der Waals surface area contributed by atoms with Crippen LogP contribution in [0.1, 0.15) is 113 Å². The summed E-state index contributed by atoms with van der Waals surface area (Å²) in [6, 6.07) is 0. The first-order chi connectivity index (χ1) is 14.6. The fourth-order valence-corrected chi connectivity index (χ4v) is 10.2. The summed E-state index contributed by atoms with van der Waals surface area (Å²) in [5.41, 5.74) is 2.05. The first-order valence-corrected chi connectivity index (χ1v) is 13.4. The predicted molar refractivity (Wildman–Crippen MR) is 130 cm³/mol. The molecular weight excluding hydrogens is 392 g/mol. The van der Waals surface area contributed by atoms with E-state index in [9.17, 15) is 9.59 Å². The smallest absolute Gasteiger partial charge is 0.139 e. The molecule has 178 valence electrons. The Morgan fingerprint density at radius 1 is 0.844 bits per heavy atom. The van der Waals surface area contributed by atoms with Crippen LogP contribution in [0.3, 0.4) is 0 Å². The van der Waals surface area contributed by atoms with Crippen LogP contribution in [0, 0.1) is 50.2 Å². The molecular formula is C30H46O2. The largest absolute Gasteiger partial charge is 0.299 e. The van der Waals surface area contributed by atoms with Crippen molar-refractivity contribution in [3.05, 3.63) is 11.6 Å². The Bertz CT molecular complexity index is 908. The topological polar surface area (TPSA) is 34.1 Å². The second-order valence-corrected chi connectivity index (χ2v) is 15.0. The third-order valence-electron chi connectivity index (χ3n) is 12.4. The van der Waals surface area contributed by atoms with Crippen molar-refractivity contribution in [2.24, 2.45) is 50.2 Å². The van der Waals surface area contributed by atoms with Crippen molar-refractivity contribution in [2.75, 3.05) is 0 Å². The van der Waals surface area contributed by atoms with E-state index in [1.807, 2.05) is 0 Å². The standard InChI is InChI=1S/C30H46O2/c1-25(2)13-14-27(5)15-16-29(7)19(20(27)17-25)9-10-22-28(6)12-11-23(32)26(3,4)24(28)21(31)18-30(22,29)8/h9,20,22,24H,10-18H2,1-8H3/t20-,22+,24-,27+,28+,29+,30+/m0/s1. The predicted octanol–water partition coefficient (Wildman–Crippen LogP) is 7.56. The van der Waals surface area contributed by atoms with Crippen LogP contribution < -0.4 is 0 Å². The maximum atomic E-state index is 13.9. The Kier molecular flexibility index (Phi) is 4.57. The molecule has 5 aliphatic carbocycles. The summed E-state index contributed by atoms with van der Waals surface area (Å²) in [4.78, 5) is 26.8. The van der Waals surface area contributed by atoms with E-state index in [1.165, 1.54) is 32.1 Å². The summed E-state index contributed by atoms with van der Waals surface area (Å²) >= 11 is 0. The Morgan fingerprint density at radius 3 is 2.19 bits per heavy atom. The highest BCUT2D eigenvalue weighted by atomic mass is 16.1. The van der Waals surface area contributed by atoms with Crippen molar-refractivity contribution in [3.63, 3.8) is 0 Å². The molecule has 0 aromatic carbocycles. The number of allylic oxidation sites excluding steroid dienone is 2. The minimum absolute atomic E-state index is 0.00119. The molecule has 0 saturated heterocycles. The van der Waals surface area contributed by atoms with E-state index in [-0.39, 0.29) is 22.2 Å². The van der Waals surface area contributed by atoms with E-state index in [2.05, 4.69) is 61.5 Å². The molecule has 2 heteroatoms. The summed E-state index contributed by atoms with van der Waals surface area (Å²) in [5, 5.41) is 0. The van der Waals surface area contributed by atoms with Crippen LogP contribution in [0.15, 0.2) is 11.6 Å². The Balaban J connectivity index is 1.62. The second-order valence-electron chi connectivity index (χ2n) is 15.0. The molecule has 0 aromatic heterocycles. The molecule has 5 rings (SSSR count). The van der Waals surface area contributed by atoms with Crippen LogP contribution in [0.2, 0.25) is 0 Å². The SMILES string of the molecule is CC1(C)CC[C@]2(C)CC[C@]3(C)C(=CC[C@@H]4[C@@]5(C)CCC(=O)C(C)(C)[C@@H]5C(=O)C[C@]43C)[C@@H]2C1. The van der Waals surface area contributed by atoms with E-state index >= 15 is 0 Å². The van der Waals surface area contributed by atoms with E-state index in [0.717, 1.165) is 12.8 Å². The van der Waals surface area contributed by atoms with Crippen LogP contribution in [-0.4, -0.2) is 11.6 Å². The van der Waals surface area contributed by atoms with Crippen LogP contribution >= 0.6 is 0 Å². The van der Waals surface area contributed by atoms with Gasteiger partial charge in [0.15, 0.2) is 0 Å². The lowest BCUT2D eigenvalue weighted by molar-refractivity contribution is -0.188. The van der Waals surface area contributed by atoms with E-state index < -0.39 is 5.41 Å². The molecule has 0 aliphatic heterocycles. The first kappa shape index (κ1) is 22.9. The highest BCUT2D eigenvalue weighted by Gasteiger charge is 2.70. The molecule has 5 aliphatic rings. The Hall–Kier alpha value is -0.920. The van der Waals surface area contributed by atoms with Crippen molar-refractivity contribution in [3.8, 4) is 0 Å². The van der Waals surface area contributed by atoms with Gasteiger partial charge in [-0.05, 0) is 83.9 Å². The zero-order valence-corrected chi connectivity index (χ0v) is 22.0. The summed E-state index contributed by atoms with van der Waals surface area (Å²) in [6.45, 7) is 19.0. The number of carbonyl (C=O) groups excluding carboxylic acids is 2. The van der Waals surface area contributed by atoms with Crippen molar-refractivity contribution in [1.82, 2.24) is 0 Å². The first-order valence-electron chi connectivity index (χ1n) is 13.4. The summed E-state index contributed by atoms with van der Waals surface area (Å²) in [7, 11) is 0. The number of Topliss-reactive ketones (excluding diaryl/α,β-unsaturated/α-hetero) is 2. The Morgan fingerprint density at radius 2 is 1.50 bits per heavy atom. The average molecular weight is 439 g/mol. The zero-order valence-electron chi connectivity index (χ0n) is 22.0. The van der Waals surface area contributed by atoms with Gasteiger partial charge in [-0.15, -0.1) is 0 Å². The number of fused-ring (bicyclic) bond motifs is 7. The lowest BCUT2D eigenvalue weighted by Gasteiger charge is -2.70. The second kappa shape index (κ2) is 6.39. The number of ketones is 2. The number of hydrogen-bond acceptors (Lipinski definition) is 2. The molecule has 0 heterocycles. The lowest BCUT2D eigenvalue weighted by Crippen LogP contribution is -2.66. The van der Waals surface area contributed by atoms with Gasteiger partial charge in [0.2, 0.25) is 0 Å². The highest BCUT2D eigenvalue weighted by molar-refractivity contribution is 5.95. The molecule has 7 atom stereocenters. The average Bonchev–Trinajstić information content (AvgIpc) is 2.67. The van der Waals surface area contributed by atoms with Gasteiger partial charge in [-0.3, -0.25) is 9.59 Å². The maximum Gasteiger partial charge on any atom is 0.139 e. The quantitative estimate of drug-likeness (QED) is 0.366. The molecule has 0 unspecified atom stereocenters. The van der Waals surface area contributed by atoms with E-state index in [1.54, 1.807) is 5.57 Å². The van der Waals surface area contributed by atoms with Gasteiger partial charge >= 0.3 is 0 Å². The minimum Gasteiger partial charge on any atom is -0.299 e. The molecule has 0 radical (unpaired) electrons. The van der Waals surface area contributed by atoms with Crippen LogP contribution in [-0.2, 0) is 9.59 Å². The van der Waals surface area contributed by atoms with E-state index in [4.69, 9.17) is 0 Å². The van der Waals surface area contributed by atoms with Gasteiger partial charge in [-0.25, -0.2) is 0 Å². The fraction of sp³-hybridized carbons (Fsp3) is 0.867. The summed E-state index contributed by atoms with van der Waals surface area (Å²) in [6.07, 6.45) is 12.4. The van der Waals surface area contributed by atoms with Crippen LogP contribution in [0.4, 0.5) is 0 Å². The molecule has 2 nitrogen and oxygen atoms in total. The number of rotatable bonds is 0. The summed E-state index contributed by atoms with van der Waals surface area (Å²) < 4.78 is 0. The number of hydrogen-bond donors (Lipinski definition) is 0. The molecule has 4 saturated carbocycles. The van der Waals surface area contributed by atoms with Gasteiger partial charge in [0.25, 0.3) is 0 Å². The normalized spacial score (nSPS) is 51.6. The van der Waals surface area contributed by atoms with Gasteiger partial charge < -0.3 is 0 Å². The van der Waals surface area contributed by atoms with Gasteiger partial charge in [0.1, 0.15) is 11.6 Å². The molecule has 0 amide bonds. The fourth-order valence-electron chi connectivity index (χ4n) is 10.2. The molecule has 4 fully saturated rings. The van der Waals surface area contributed by atoms with Crippen molar-refractivity contribution < 1.29 is 9.59 Å².